The molecule has 0 unspecified atom stereocenters. The third kappa shape index (κ3) is 1.52. The van der Waals surface area contributed by atoms with Crippen LogP contribution in [0.2, 0.25) is 0 Å². The SMILES string of the molecule is Cn1ncnc1-c1ccc(F)c(Br)n1. The molecule has 0 bridgehead atoms. The zero-order valence-electron chi connectivity index (χ0n) is 7.28. The van der Waals surface area contributed by atoms with Crippen LogP contribution in [0.15, 0.2) is 23.1 Å². The fourth-order valence-electron chi connectivity index (χ4n) is 1.07. The molecule has 2 heterocycles. The van der Waals surface area contributed by atoms with Gasteiger partial charge in [-0.1, -0.05) is 0 Å². The standard InChI is InChI=1S/C8H6BrFN4/c1-14-8(11-4-12-14)6-3-2-5(10)7(9)13-6/h2-4H,1H3. The Balaban J connectivity index is 2.53. The van der Waals surface area contributed by atoms with E-state index in [-0.39, 0.29) is 4.60 Å². The summed E-state index contributed by atoms with van der Waals surface area (Å²) in [6.07, 6.45) is 1.42. The van der Waals surface area contributed by atoms with Crippen LogP contribution in [0.5, 0.6) is 0 Å². The van der Waals surface area contributed by atoms with Gasteiger partial charge >= 0.3 is 0 Å². The Labute approximate surface area is 87.9 Å². The van der Waals surface area contributed by atoms with E-state index >= 15 is 0 Å². The maximum Gasteiger partial charge on any atom is 0.176 e. The van der Waals surface area contributed by atoms with Gasteiger partial charge in [0.15, 0.2) is 11.6 Å². The Kier molecular flexibility index (Phi) is 2.28. The third-order valence-corrected chi connectivity index (χ3v) is 2.30. The Morgan fingerprint density at radius 2 is 2.21 bits per heavy atom. The molecule has 0 saturated heterocycles. The monoisotopic (exact) mass is 256 g/mol. The summed E-state index contributed by atoms with van der Waals surface area (Å²) in [6, 6.07) is 2.89. The van der Waals surface area contributed by atoms with Crippen molar-refractivity contribution < 1.29 is 4.39 Å². The van der Waals surface area contributed by atoms with Crippen molar-refractivity contribution in [2.24, 2.45) is 7.05 Å². The van der Waals surface area contributed by atoms with Crippen molar-refractivity contribution in [2.45, 2.75) is 0 Å². The van der Waals surface area contributed by atoms with Crippen LogP contribution in [0.1, 0.15) is 0 Å². The highest BCUT2D eigenvalue weighted by atomic mass is 79.9. The van der Waals surface area contributed by atoms with Crippen LogP contribution in [-0.2, 0) is 7.05 Å². The number of aromatic nitrogens is 4. The van der Waals surface area contributed by atoms with Crippen LogP contribution >= 0.6 is 15.9 Å². The minimum absolute atomic E-state index is 0.179. The molecule has 2 aromatic rings. The summed E-state index contributed by atoms with van der Waals surface area (Å²) in [5.74, 6) is 0.210. The summed E-state index contributed by atoms with van der Waals surface area (Å²) in [5.41, 5.74) is 0.582. The molecule has 0 fully saturated rings. The predicted octanol–water partition coefficient (Wildman–Crippen LogP) is 1.78. The Morgan fingerprint density at radius 3 is 2.79 bits per heavy atom. The zero-order chi connectivity index (χ0) is 10.1. The van der Waals surface area contributed by atoms with Gasteiger partial charge in [-0.05, 0) is 28.1 Å². The molecule has 0 radical (unpaired) electrons. The summed E-state index contributed by atoms with van der Waals surface area (Å²) >= 11 is 3.01. The number of halogens is 2. The lowest BCUT2D eigenvalue weighted by Crippen LogP contribution is -1.97. The molecule has 0 aliphatic heterocycles. The Bertz CT molecular complexity index is 468. The van der Waals surface area contributed by atoms with Crippen molar-refractivity contribution in [3.05, 3.63) is 28.9 Å². The minimum Gasteiger partial charge on any atom is -0.248 e. The van der Waals surface area contributed by atoms with Gasteiger partial charge in [-0.3, -0.25) is 0 Å². The van der Waals surface area contributed by atoms with Crippen molar-refractivity contribution in [3.8, 4) is 11.5 Å². The molecule has 4 nitrogen and oxygen atoms in total. The smallest absolute Gasteiger partial charge is 0.176 e. The molecule has 0 aromatic carbocycles. The van der Waals surface area contributed by atoms with Crippen molar-refractivity contribution in [1.29, 1.82) is 0 Å². The topological polar surface area (TPSA) is 43.6 Å². The molecule has 14 heavy (non-hydrogen) atoms. The molecule has 0 aliphatic carbocycles. The highest BCUT2D eigenvalue weighted by Gasteiger charge is 2.08. The first kappa shape index (κ1) is 9.26. The lowest BCUT2D eigenvalue weighted by molar-refractivity contribution is 0.613. The van der Waals surface area contributed by atoms with E-state index in [0.717, 1.165) is 0 Å². The first-order valence-corrected chi connectivity index (χ1v) is 4.64. The number of hydrogen-bond acceptors (Lipinski definition) is 3. The second kappa shape index (κ2) is 3.45. The van der Waals surface area contributed by atoms with E-state index in [4.69, 9.17) is 0 Å². The zero-order valence-corrected chi connectivity index (χ0v) is 8.86. The van der Waals surface area contributed by atoms with E-state index in [9.17, 15) is 4.39 Å². The van der Waals surface area contributed by atoms with E-state index in [1.54, 1.807) is 17.8 Å². The summed E-state index contributed by atoms with van der Waals surface area (Å²) in [7, 11) is 1.75. The van der Waals surface area contributed by atoms with Crippen LogP contribution in [0.4, 0.5) is 4.39 Å². The summed E-state index contributed by atoms with van der Waals surface area (Å²) < 4.78 is 14.6. The van der Waals surface area contributed by atoms with Crippen molar-refractivity contribution in [3.63, 3.8) is 0 Å². The maximum absolute atomic E-state index is 12.9. The van der Waals surface area contributed by atoms with Crippen molar-refractivity contribution >= 4 is 15.9 Å². The van der Waals surface area contributed by atoms with E-state index in [0.29, 0.717) is 11.5 Å². The molecule has 2 rings (SSSR count). The van der Waals surface area contributed by atoms with E-state index < -0.39 is 5.82 Å². The average Bonchev–Trinajstić information content (AvgIpc) is 2.57. The van der Waals surface area contributed by atoms with Gasteiger partial charge in [0.05, 0.1) is 0 Å². The fourth-order valence-corrected chi connectivity index (χ4v) is 1.39. The number of pyridine rings is 1. The molecule has 0 aliphatic rings. The van der Waals surface area contributed by atoms with Gasteiger partial charge in [0.1, 0.15) is 16.6 Å². The van der Waals surface area contributed by atoms with E-state index in [1.165, 1.54) is 12.4 Å². The van der Waals surface area contributed by atoms with Gasteiger partial charge in [0, 0.05) is 7.05 Å². The number of aryl methyl sites for hydroxylation is 1. The lowest BCUT2D eigenvalue weighted by atomic mass is 10.3. The van der Waals surface area contributed by atoms with Crippen molar-refractivity contribution in [2.75, 3.05) is 0 Å². The predicted molar refractivity (Wildman–Crippen MR) is 51.9 cm³/mol. The largest absolute Gasteiger partial charge is 0.248 e. The first-order valence-electron chi connectivity index (χ1n) is 3.85. The summed E-state index contributed by atoms with van der Waals surface area (Å²) in [4.78, 5) is 8.00. The summed E-state index contributed by atoms with van der Waals surface area (Å²) in [6.45, 7) is 0. The molecule has 0 atom stereocenters. The molecule has 6 heteroatoms. The molecular weight excluding hydrogens is 251 g/mol. The second-order valence-electron chi connectivity index (χ2n) is 2.68. The van der Waals surface area contributed by atoms with Gasteiger partial charge in [0.25, 0.3) is 0 Å². The minimum atomic E-state index is -0.393. The number of rotatable bonds is 1. The van der Waals surface area contributed by atoms with E-state index in [2.05, 4.69) is 31.0 Å². The quantitative estimate of drug-likeness (QED) is 0.731. The highest BCUT2D eigenvalue weighted by Crippen LogP contribution is 2.18. The molecule has 0 amide bonds. The van der Waals surface area contributed by atoms with Gasteiger partial charge < -0.3 is 0 Å². The first-order chi connectivity index (χ1) is 6.68. The summed E-state index contributed by atoms with van der Waals surface area (Å²) in [5, 5.41) is 3.90. The Morgan fingerprint density at radius 1 is 1.43 bits per heavy atom. The normalized spacial score (nSPS) is 10.5. The fraction of sp³-hybridized carbons (Fsp3) is 0.125. The molecule has 2 aromatic heterocycles. The number of nitrogens with zero attached hydrogens (tertiary/aromatic N) is 4. The Hall–Kier alpha value is -1.30. The maximum atomic E-state index is 12.9. The molecule has 0 spiro atoms. The molecular formula is C8H6BrFN4. The second-order valence-corrected chi connectivity index (χ2v) is 3.43. The molecule has 0 N–H and O–H groups in total. The van der Waals surface area contributed by atoms with E-state index in [1.807, 2.05) is 0 Å². The van der Waals surface area contributed by atoms with Gasteiger partial charge in [0.2, 0.25) is 0 Å². The van der Waals surface area contributed by atoms with Crippen molar-refractivity contribution in [1.82, 2.24) is 19.7 Å². The highest BCUT2D eigenvalue weighted by molar-refractivity contribution is 9.10. The lowest BCUT2D eigenvalue weighted by Gasteiger charge is -2.00. The van der Waals surface area contributed by atoms with Gasteiger partial charge in [-0.25, -0.2) is 19.0 Å². The number of hydrogen-bond donors (Lipinski definition) is 0. The van der Waals surface area contributed by atoms with Crippen LogP contribution in [0.3, 0.4) is 0 Å². The van der Waals surface area contributed by atoms with Crippen LogP contribution in [0.25, 0.3) is 11.5 Å². The molecule has 72 valence electrons. The molecule has 0 saturated carbocycles. The van der Waals surface area contributed by atoms with Gasteiger partial charge in [-0.2, -0.15) is 5.10 Å². The van der Waals surface area contributed by atoms with Gasteiger partial charge in [-0.15, -0.1) is 0 Å². The van der Waals surface area contributed by atoms with Crippen LogP contribution < -0.4 is 0 Å². The van der Waals surface area contributed by atoms with Crippen LogP contribution in [0, 0.1) is 5.82 Å². The van der Waals surface area contributed by atoms with Crippen LogP contribution in [-0.4, -0.2) is 19.7 Å². The third-order valence-electron chi connectivity index (χ3n) is 1.74. The average molecular weight is 257 g/mol.